The molecule has 0 heterocycles. The second kappa shape index (κ2) is 5.26. The zero-order valence-electron chi connectivity index (χ0n) is 8.40. The minimum atomic E-state index is -0.853. The van der Waals surface area contributed by atoms with Crippen molar-refractivity contribution in [3.05, 3.63) is 35.4 Å². The second-order valence-electron chi connectivity index (χ2n) is 2.90. The Morgan fingerprint density at radius 1 is 1.27 bits per heavy atom. The highest BCUT2D eigenvalue weighted by atomic mass is 16.5. The van der Waals surface area contributed by atoms with Crippen molar-refractivity contribution in [1.29, 1.82) is 0 Å². The highest BCUT2D eigenvalue weighted by Gasteiger charge is 2.16. The lowest BCUT2D eigenvalue weighted by Crippen LogP contribution is -2.17. The Morgan fingerprint density at radius 2 is 1.87 bits per heavy atom. The number of benzene rings is 1. The molecule has 0 aliphatic carbocycles. The number of esters is 1. The van der Waals surface area contributed by atoms with Crippen molar-refractivity contribution in [2.75, 3.05) is 6.61 Å². The molecule has 80 valence electrons. The van der Waals surface area contributed by atoms with Gasteiger partial charge in [-0.25, -0.2) is 4.79 Å². The van der Waals surface area contributed by atoms with Crippen molar-refractivity contribution in [1.82, 2.24) is 0 Å². The standard InChI is InChI=1S/C11H12O4/c1-2-15-11(14)10(13)9-5-3-8(7-12)4-6-9/h3-6,12H,2,7H2,1H3. The molecule has 0 aliphatic heterocycles. The topological polar surface area (TPSA) is 63.6 Å². The summed E-state index contributed by atoms with van der Waals surface area (Å²) < 4.78 is 4.58. The Balaban J connectivity index is 2.78. The molecule has 4 nitrogen and oxygen atoms in total. The van der Waals surface area contributed by atoms with Crippen LogP contribution in [0.3, 0.4) is 0 Å². The molecule has 0 radical (unpaired) electrons. The molecule has 0 bridgehead atoms. The van der Waals surface area contributed by atoms with Crippen molar-refractivity contribution in [3.8, 4) is 0 Å². The van der Waals surface area contributed by atoms with Gasteiger partial charge in [-0.1, -0.05) is 24.3 Å². The number of hydrogen-bond donors (Lipinski definition) is 1. The van der Waals surface area contributed by atoms with Gasteiger partial charge in [-0.2, -0.15) is 0 Å². The van der Waals surface area contributed by atoms with Crippen LogP contribution in [0.5, 0.6) is 0 Å². The summed E-state index contributed by atoms with van der Waals surface area (Å²) in [5.74, 6) is -1.52. The number of Topliss-reactive ketones (excluding diaryl/α,β-unsaturated/α-hetero) is 1. The van der Waals surface area contributed by atoms with Gasteiger partial charge in [0.25, 0.3) is 5.78 Å². The number of hydrogen-bond acceptors (Lipinski definition) is 4. The van der Waals surface area contributed by atoms with Crippen LogP contribution in [0.25, 0.3) is 0 Å². The third-order valence-electron chi connectivity index (χ3n) is 1.86. The van der Waals surface area contributed by atoms with Crippen LogP contribution in [0.15, 0.2) is 24.3 Å². The van der Waals surface area contributed by atoms with Gasteiger partial charge in [0.15, 0.2) is 0 Å². The smallest absolute Gasteiger partial charge is 0.379 e. The maximum Gasteiger partial charge on any atom is 0.379 e. The minimum absolute atomic E-state index is 0.0894. The average Bonchev–Trinajstić information content (AvgIpc) is 2.28. The molecule has 1 N–H and O–H groups in total. The van der Waals surface area contributed by atoms with Crippen molar-refractivity contribution in [3.63, 3.8) is 0 Å². The van der Waals surface area contributed by atoms with E-state index >= 15 is 0 Å². The van der Waals surface area contributed by atoms with Crippen LogP contribution in [0.2, 0.25) is 0 Å². The number of aliphatic hydroxyl groups is 1. The number of rotatable bonds is 4. The summed E-state index contributed by atoms with van der Waals surface area (Å²) in [4.78, 5) is 22.5. The van der Waals surface area contributed by atoms with Crippen LogP contribution < -0.4 is 0 Å². The van der Waals surface area contributed by atoms with E-state index in [0.29, 0.717) is 5.56 Å². The van der Waals surface area contributed by atoms with Crippen molar-refractivity contribution in [2.24, 2.45) is 0 Å². The van der Waals surface area contributed by atoms with Crippen LogP contribution in [0, 0.1) is 0 Å². The fraction of sp³-hybridized carbons (Fsp3) is 0.273. The number of carbonyl (C=O) groups excluding carboxylic acids is 2. The molecule has 4 heteroatoms. The van der Waals surface area contributed by atoms with E-state index in [-0.39, 0.29) is 18.8 Å². The van der Waals surface area contributed by atoms with Gasteiger partial charge in [0.1, 0.15) is 0 Å². The summed E-state index contributed by atoms with van der Waals surface area (Å²) in [5, 5.41) is 8.78. The summed E-state index contributed by atoms with van der Waals surface area (Å²) in [6.45, 7) is 1.73. The van der Waals surface area contributed by atoms with Gasteiger partial charge in [-0.05, 0) is 12.5 Å². The molecule has 0 unspecified atom stereocenters. The normalized spacial score (nSPS) is 9.73. The van der Waals surface area contributed by atoms with Gasteiger partial charge < -0.3 is 9.84 Å². The van der Waals surface area contributed by atoms with E-state index in [9.17, 15) is 9.59 Å². The molecule has 0 saturated carbocycles. The van der Waals surface area contributed by atoms with E-state index in [4.69, 9.17) is 5.11 Å². The first-order chi connectivity index (χ1) is 7.19. The Morgan fingerprint density at radius 3 is 2.33 bits per heavy atom. The Kier molecular flexibility index (Phi) is 4.00. The highest BCUT2D eigenvalue weighted by Crippen LogP contribution is 2.06. The number of ketones is 1. The molecule has 1 aromatic carbocycles. The molecule has 0 spiro atoms. The lowest BCUT2D eigenvalue weighted by Gasteiger charge is -2.01. The predicted octanol–water partition coefficient (Wildman–Crippen LogP) is 0.925. The van der Waals surface area contributed by atoms with Gasteiger partial charge in [-0.3, -0.25) is 4.79 Å². The first-order valence-corrected chi connectivity index (χ1v) is 4.60. The largest absolute Gasteiger partial charge is 0.460 e. The fourth-order valence-corrected chi connectivity index (χ4v) is 1.08. The predicted molar refractivity (Wildman–Crippen MR) is 53.3 cm³/mol. The summed E-state index contributed by atoms with van der Waals surface area (Å²) in [5.41, 5.74) is 0.959. The lowest BCUT2D eigenvalue weighted by atomic mass is 10.1. The maximum absolute atomic E-state index is 11.4. The van der Waals surface area contributed by atoms with E-state index in [1.807, 2.05) is 0 Å². The Hall–Kier alpha value is -1.68. The first-order valence-electron chi connectivity index (χ1n) is 4.60. The summed E-state index contributed by atoms with van der Waals surface area (Å²) in [6.07, 6.45) is 0. The number of ether oxygens (including phenoxy) is 1. The van der Waals surface area contributed by atoms with E-state index < -0.39 is 11.8 Å². The van der Waals surface area contributed by atoms with E-state index in [1.165, 1.54) is 12.1 Å². The third-order valence-corrected chi connectivity index (χ3v) is 1.86. The monoisotopic (exact) mass is 208 g/mol. The molecule has 0 fully saturated rings. The molecular weight excluding hydrogens is 196 g/mol. The van der Waals surface area contributed by atoms with Gasteiger partial charge >= 0.3 is 5.97 Å². The highest BCUT2D eigenvalue weighted by molar-refractivity contribution is 6.40. The molecular formula is C11H12O4. The van der Waals surface area contributed by atoms with Crippen molar-refractivity contribution < 1.29 is 19.4 Å². The molecule has 1 aromatic rings. The molecule has 0 aliphatic rings. The fourth-order valence-electron chi connectivity index (χ4n) is 1.08. The first kappa shape index (κ1) is 11.4. The quantitative estimate of drug-likeness (QED) is 0.454. The molecule has 0 saturated heterocycles. The molecule has 1 rings (SSSR count). The Bertz CT molecular complexity index is 353. The zero-order chi connectivity index (χ0) is 11.3. The lowest BCUT2D eigenvalue weighted by molar-refractivity contribution is -0.137. The van der Waals surface area contributed by atoms with Gasteiger partial charge in [-0.15, -0.1) is 0 Å². The van der Waals surface area contributed by atoms with Gasteiger partial charge in [0, 0.05) is 5.56 Å². The van der Waals surface area contributed by atoms with Crippen molar-refractivity contribution >= 4 is 11.8 Å². The SMILES string of the molecule is CCOC(=O)C(=O)c1ccc(CO)cc1. The minimum Gasteiger partial charge on any atom is -0.460 e. The summed E-state index contributed by atoms with van der Waals surface area (Å²) in [7, 11) is 0. The van der Waals surface area contributed by atoms with Crippen LogP contribution in [0.4, 0.5) is 0 Å². The third kappa shape index (κ3) is 2.89. The number of aliphatic hydroxyl groups excluding tert-OH is 1. The summed E-state index contributed by atoms with van der Waals surface area (Å²) in [6, 6.07) is 6.16. The van der Waals surface area contributed by atoms with E-state index in [1.54, 1.807) is 19.1 Å². The second-order valence-corrected chi connectivity index (χ2v) is 2.90. The zero-order valence-corrected chi connectivity index (χ0v) is 8.40. The average molecular weight is 208 g/mol. The van der Waals surface area contributed by atoms with Gasteiger partial charge in [0.2, 0.25) is 0 Å². The Labute approximate surface area is 87.5 Å². The maximum atomic E-state index is 11.4. The molecule has 0 amide bonds. The van der Waals surface area contributed by atoms with Crippen LogP contribution in [-0.4, -0.2) is 23.5 Å². The van der Waals surface area contributed by atoms with E-state index in [0.717, 1.165) is 0 Å². The molecule has 15 heavy (non-hydrogen) atoms. The van der Waals surface area contributed by atoms with Crippen LogP contribution in [-0.2, 0) is 16.1 Å². The number of carbonyl (C=O) groups is 2. The molecule has 0 aromatic heterocycles. The van der Waals surface area contributed by atoms with Crippen LogP contribution >= 0.6 is 0 Å². The summed E-state index contributed by atoms with van der Waals surface area (Å²) >= 11 is 0. The molecule has 0 atom stereocenters. The van der Waals surface area contributed by atoms with E-state index in [2.05, 4.69) is 4.74 Å². The van der Waals surface area contributed by atoms with Crippen LogP contribution in [0.1, 0.15) is 22.8 Å². The van der Waals surface area contributed by atoms with Crippen molar-refractivity contribution in [2.45, 2.75) is 13.5 Å². The van der Waals surface area contributed by atoms with Gasteiger partial charge in [0.05, 0.1) is 13.2 Å².